The van der Waals surface area contributed by atoms with Gasteiger partial charge in [-0.1, -0.05) is 30.3 Å². The van der Waals surface area contributed by atoms with Gasteiger partial charge in [0.25, 0.3) is 11.6 Å². The van der Waals surface area contributed by atoms with Crippen molar-refractivity contribution in [2.45, 2.75) is 37.3 Å². The molecule has 2 N–H and O–H groups in total. The number of ether oxygens (including phenoxy) is 2. The number of likely N-dealkylation sites (N-methyl/N-ethyl adjacent to an activating group) is 1. The number of rotatable bonds is 12. The van der Waals surface area contributed by atoms with Gasteiger partial charge in [0.05, 0.1) is 17.5 Å². The van der Waals surface area contributed by atoms with Crippen molar-refractivity contribution in [3.8, 4) is 11.5 Å². The molecule has 1 aliphatic rings. The van der Waals surface area contributed by atoms with Gasteiger partial charge in [0.15, 0.2) is 11.5 Å². The topological polar surface area (TPSA) is 148 Å². The van der Waals surface area contributed by atoms with Crippen LogP contribution in [0.15, 0.2) is 72.9 Å². The predicted octanol–water partition coefficient (Wildman–Crippen LogP) is 5.06. The van der Waals surface area contributed by atoms with E-state index in [-0.39, 0.29) is 47.5 Å². The second-order valence-corrected chi connectivity index (χ2v) is 12.0. The van der Waals surface area contributed by atoms with E-state index in [1.165, 1.54) is 60.2 Å². The molecule has 1 aliphatic heterocycles. The van der Waals surface area contributed by atoms with E-state index in [1.807, 2.05) is 0 Å². The zero-order chi connectivity index (χ0) is 35.5. The van der Waals surface area contributed by atoms with Crippen molar-refractivity contribution in [1.82, 2.24) is 14.4 Å². The number of hydrogen-bond donors (Lipinski definition) is 2. The number of nitro benzene ring substituents is 1. The number of carboxylic acids is 1. The molecule has 15 heteroatoms. The number of nitro groups is 1. The van der Waals surface area contributed by atoms with E-state index in [0.29, 0.717) is 18.6 Å². The lowest BCUT2D eigenvalue weighted by atomic mass is 9.91. The molecular weight excluding hydrogens is 649 g/mol. The molecule has 4 aromatic rings. The minimum Gasteiger partial charge on any atom is -0.493 e. The molecular formula is C34H35F3N4O8. The summed E-state index contributed by atoms with van der Waals surface area (Å²) in [7, 11) is 2.74. The molecule has 0 bridgehead atoms. The number of β-amino-alcohol motifs (C(OH)–C–C–N with tert-alkyl or cyclic N) is 1. The Bertz CT molecular complexity index is 1840. The summed E-state index contributed by atoms with van der Waals surface area (Å²) in [6.07, 6.45) is -3.62. The van der Waals surface area contributed by atoms with Crippen LogP contribution in [0.2, 0.25) is 0 Å². The molecule has 1 unspecified atom stereocenters. The van der Waals surface area contributed by atoms with E-state index in [0.717, 1.165) is 16.5 Å². The zero-order valence-corrected chi connectivity index (χ0v) is 26.7. The molecule has 0 saturated carbocycles. The van der Waals surface area contributed by atoms with E-state index in [2.05, 4.69) is 0 Å². The van der Waals surface area contributed by atoms with Crippen LogP contribution in [0, 0.1) is 10.1 Å². The number of methoxy groups -OCH3 is 1. The van der Waals surface area contributed by atoms with Gasteiger partial charge in [-0.2, -0.15) is 13.2 Å². The Morgan fingerprint density at radius 2 is 1.73 bits per heavy atom. The normalized spacial score (nSPS) is 15.5. The predicted molar refractivity (Wildman–Crippen MR) is 172 cm³/mol. The van der Waals surface area contributed by atoms with Crippen molar-refractivity contribution >= 4 is 28.5 Å². The average molecular weight is 685 g/mol. The molecule has 1 amide bonds. The third-order valence-corrected chi connectivity index (χ3v) is 8.60. The second-order valence-electron chi connectivity index (χ2n) is 12.0. The summed E-state index contributed by atoms with van der Waals surface area (Å²) in [4.78, 5) is 37.0. The lowest BCUT2D eigenvalue weighted by Gasteiger charge is -2.39. The first-order chi connectivity index (χ1) is 23.2. The highest BCUT2D eigenvalue weighted by atomic mass is 19.4. The first-order valence-corrected chi connectivity index (χ1v) is 15.3. The van der Waals surface area contributed by atoms with Crippen LogP contribution in [0.25, 0.3) is 10.9 Å². The highest BCUT2D eigenvalue weighted by Gasteiger charge is 2.57. The maximum absolute atomic E-state index is 14.9. The number of aliphatic hydroxyl groups is 1. The van der Waals surface area contributed by atoms with Crippen molar-refractivity contribution in [3.63, 3.8) is 0 Å². The number of non-ortho nitro benzene ring substituents is 1. The van der Waals surface area contributed by atoms with Gasteiger partial charge in [-0.25, -0.2) is 0 Å². The number of likely N-dealkylation sites (tertiary alicyclic amines) is 1. The molecule has 49 heavy (non-hydrogen) atoms. The summed E-state index contributed by atoms with van der Waals surface area (Å²) in [6.45, 7) is -0.798. The molecule has 0 radical (unpaired) electrons. The van der Waals surface area contributed by atoms with Crippen LogP contribution in [-0.2, 0) is 16.9 Å². The first-order valence-electron chi connectivity index (χ1n) is 15.3. The van der Waals surface area contributed by atoms with Crippen LogP contribution >= 0.6 is 0 Å². The zero-order valence-electron chi connectivity index (χ0n) is 26.7. The third-order valence-electron chi connectivity index (χ3n) is 8.60. The molecule has 1 atom stereocenters. The van der Waals surface area contributed by atoms with Crippen LogP contribution in [0.4, 0.5) is 18.9 Å². The maximum Gasteiger partial charge on any atom is 0.422 e. The summed E-state index contributed by atoms with van der Waals surface area (Å²) in [5.41, 5.74) is -2.83. The quantitative estimate of drug-likeness (QED) is 0.154. The Morgan fingerprint density at radius 1 is 1.04 bits per heavy atom. The van der Waals surface area contributed by atoms with Crippen molar-refractivity contribution in [2.75, 3.05) is 40.3 Å². The SMILES string of the molecule is COc1cc(C(=O)N(C)CC(=O)O)ccc1OC1CCN(CC(O)(c2cn(Cc3ccccc3)c3cc([N+](=O)[O-])ccc23)C(F)(F)F)CC1. The van der Waals surface area contributed by atoms with E-state index in [4.69, 9.17) is 14.6 Å². The second kappa shape index (κ2) is 14.1. The highest BCUT2D eigenvalue weighted by molar-refractivity contribution is 5.96. The largest absolute Gasteiger partial charge is 0.493 e. The van der Waals surface area contributed by atoms with E-state index in [9.17, 15) is 38.0 Å². The fourth-order valence-corrected chi connectivity index (χ4v) is 6.04. The fraction of sp³-hybridized carbons (Fsp3) is 0.353. The number of amides is 1. The average Bonchev–Trinajstić information content (AvgIpc) is 3.43. The molecule has 1 fully saturated rings. The maximum atomic E-state index is 14.9. The molecule has 1 aromatic heterocycles. The molecule has 12 nitrogen and oxygen atoms in total. The Balaban J connectivity index is 1.34. The van der Waals surface area contributed by atoms with Gasteiger partial charge in [-0.15, -0.1) is 0 Å². The van der Waals surface area contributed by atoms with Crippen molar-refractivity contribution in [2.24, 2.45) is 0 Å². The molecule has 0 aliphatic carbocycles. The number of aromatic nitrogens is 1. The number of hydrogen-bond acceptors (Lipinski definition) is 8. The number of benzene rings is 3. The third kappa shape index (κ3) is 7.62. The van der Waals surface area contributed by atoms with Gasteiger partial charge in [-0.3, -0.25) is 24.6 Å². The minimum atomic E-state index is -5.08. The van der Waals surface area contributed by atoms with Crippen molar-refractivity contribution < 1.29 is 47.4 Å². The van der Waals surface area contributed by atoms with E-state index >= 15 is 0 Å². The molecule has 260 valence electrons. The number of carbonyl (C=O) groups excluding carboxylic acids is 1. The lowest BCUT2D eigenvalue weighted by molar-refractivity contribution is -0.384. The molecule has 5 rings (SSSR count). The Labute approximate surface area is 279 Å². The standard InChI is InChI=1S/C34H35F3N4O8/c1-38(20-31(42)43)32(44)23-8-11-29(30(16-23)48-2)49-25-12-14-39(15-13-25)21-33(45,34(35,36)37)27-19-40(18-22-6-4-3-5-7-22)28-17-24(41(46)47)9-10-26(27)28/h3-11,16-17,19,25,45H,12-15,18,20-21H2,1-2H3,(H,42,43). The Hall–Kier alpha value is -5.15. The smallest absolute Gasteiger partial charge is 0.422 e. The van der Waals surface area contributed by atoms with E-state index < -0.39 is 53.3 Å². The molecule has 0 spiro atoms. The summed E-state index contributed by atoms with van der Waals surface area (Å²) < 4.78 is 57.6. The minimum absolute atomic E-state index is 0.0581. The number of aliphatic carboxylic acids is 1. The molecule has 3 aromatic carbocycles. The van der Waals surface area contributed by atoms with Crippen LogP contribution in [-0.4, -0.2) is 94.0 Å². The van der Waals surface area contributed by atoms with Gasteiger partial charge in [0.2, 0.25) is 5.60 Å². The van der Waals surface area contributed by atoms with E-state index in [1.54, 1.807) is 30.3 Å². The number of fused-ring (bicyclic) bond motifs is 1. The van der Waals surface area contributed by atoms with Gasteiger partial charge < -0.3 is 29.2 Å². The monoisotopic (exact) mass is 684 g/mol. The number of piperidine rings is 1. The van der Waals surface area contributed by atoms with Gasteiger partial charge in [0.1, 0.15) is 12.6 Å². The fourth-order valence-electron chi connectivity index (χ4n) is 6.04. The highest BCUT2D eigenvalue weighted by Crippen LogP contribution is 2.44. The molecule has 1 saturated heterocycles. The Morgan fingerprint density at radius 3 is 2.35 bits per heavy atom. The number of alkyl halides is 3. The summed E-state index contributed by atoms with van der Waals surface area (Å²) in [6, 6.07) is 16.9. The van der Waals surface area contributed by atoms with Crippen LogP contribution < -0.4 is 9.47 Å². The van der Waals surface area contributed by atoms with Crippen LogP contribution in [0.5, 0.6) is 11.5 Å². The van der Waals surface area contributed by atoms with Gasteiger partial charge in [-0.05, 0) is 42.7 Å². The van der Waals surface area contributed by atoms with Crippen molar-refractivity contribution in [1.29, 1.82) is 0 Å². The van der Waals surface area contributed by atoms with Gasteiger partial charge in [0, 0.05) is 68.1 Å². The van der Waals surface area contributed by atoms with Crippen LogP contribution in [0.1, 0.15) is 34.3 Å². The number of carbonyl (C=O) groups is 2. The first kappa shape index (κ1) is 35.2. The number of carboxylic acid groups (broad SMARTS) is 1. The van der Waals surface area contributed by atoms with Crippen molar-refractivity contribution in [3.05, 3.63) is 99.7 Å². The number of nitrogens with zero attached hydrogens (tertiary/aromatic N) is 4. The van der Waals surface area contributed by atoms with Crippen LogP contribution in [0.3, 0.4) is 0 Å². The van der Waals surface area contributed by atoms with Gasteiger partial charge >= 0.3 is 12.1 Å². The lowest BCUT2D eigenvalue weighted by Crippen LogP contribution is -2.53. The molecule has 2 heterocycles. The summed E-state index contributed by atoms with van der Waals surface area (Å²) in [5, 5.41) is 32.1. The summed E-state index contributed by atoms with van der Waals surface area (Å²) in [5.74, 6) is -1.15. The summed E-state index contributed by atoms with van der Waals surface area (Å²) >= 11 is 0. The number of halogens is 3. The Kier molecular flexibility index (Phi) is 10.1.